The van der Waals surface area contributed by atoms with Gasteiger partial charge in [0.25, 0.3) is 5.92 Å². The van der Waals surface area contributed by atoms with Crippen LogP contribution >= 0.6 is 0 Å². The van der Waals surface area contributed by atoms with E-state index in [1.54, 1.807) is 6.92 Å². The van der Waals surface area contributed by atoms with Crippen LogP contribution in [-0.2, 0) is 19.1 Å². The monoisotopic (exact) mass is 470 g/mol. The first kappa shape index (κ1) is 24.1. The van der Waals surface area contributed by atoms with Crippen molar-refractivity contribution in [2.45, 2.75) is 70.8 Å². The SMILES string of the molecule is CC(=O)OCC(=O)[C@@]1(C)[C@H](O)C[C@H]2C3CC(F)(F)C4=CC(=O)C=CC4(C)[C@@]3(F)[C@@H](O)CC21C. The Hall–Kier alpha value is -2.00. The van der Waals surface area contributed by atoms with Gasteiger partial charge in [-0.15, -0.1) is 0 Å². The molecule has 0 heterocycles. The summed E-state index contributed by atoms with van der Waals surface area (Å²) >= 11 is 0. The molecule has 0 aromatic heterocycles. The standard InChI is InChI=1S/C24H29F3O6/c1-12(28)33-11-19(32)22(4)17(30)8-14-15-9-23(25,26)16-7-13(29)5-6-20(16,2)24(15,27)18(31)10-21(14,22)3/h5-7,14-15,17-18,30-31H,8-11H2,1-4H3/t14-,15?,17+,18-,20?,21?,22+,24-/m0/s1. The Kier molecular flexibility index (Phi) is 5.13. The van der Waals surface area contributed by atoms with E-state index < -0.39 is 88.0 Å². The molecule has 182 valence electrons. The first-order chi connectivity index (χ1) is 15.1. The smallest absolute Gasteiger partial charge is 0.303 e. The Bertz CT molecular complexity index is 991. The molecule has 8 atom stereocenters. The van der Waals surface area contributed by atoms with Crippen LogP contribution in [0.1, 0.15) is 47.0 Å². The third-order valence-corrected chi connectivity index (χ3v) is 9.36. The van der Waals surface area contributed by atoms with Crippen LogP contribution in [0.4, 0.5) is 13.2 Å². The number of carbonyl (C=O) groups excluding carboxylic acids is 3. The molecule has 0 radical (unpaired) electrons. The second kappa shape index (κ2) is 7.01. The Morgan fingerprint density at radius 2 is 1.73 bits per heavy atom. The molecular formula is C24H29F3O6. The van der Waals surface area contributed by atoms with Crippen LogP contribution in [0.15, 0.2) is 23.8 Å². The molecule has 3 fully saturated rings. The van der Waals surface area contributed by atoms with Crippen molar-refractivity contribution >= 4 is 17.5 Å². The van der Waals surface area contributed by atoms with Crippen molar-refractivity contribution in [3.05, 3.63) is 23.8 Å². The van der Waals surface area contributed by atoms with Gasteiger partial charge >= 0.3 is 5.97 Å². The number of carbonyl (C=O) groups is 3. The van der Waals surface area contributed by atoms with Crippen LogP contribution in [0.3, 0.4) is 0 Å². The van der Waals surface area contributed by atoms with Crippen molar-refractivity contribution in [3.63, 3.8) is 0 Å². The second-order valence-electron chi connectivity index (χ2n) is 10.7. The van der Waals surface area contributed by atoms with Gasteiger partial charge in [0, 0.05) is 24.8 Å². The predicted molar refractivity (Wildman–Crippen MR) is 110 cm³/mol. The number of hydrogen-bond donors (Lipinski definition) is 2. The highest BCUT2D eigenvalue weighted by Gasteiger charge is 2.78. The molecule has 0 amide bonds. The molecule has 0 aromatic rings. The maximum absolute atomic E-state index is 17.0. The van der Waals surface area contributed by atoms with Crippen molar-refractivity contribution in [2.24, 2.45) is 28.1 Å². The number of ketones is 2. The highest BCUT2D eigenvalue weighted by molar-refractivity contribution is 6.01. The first-order valence-corrected chi connectivity index (χ1v) is 11.1. The maximum atomic E-state index is 17.0. The Labute approximate surface area is 189 Å². The van der Waals surface area contributed by atoms with Gasteiger partial charge in [-0.05, 0) is 50.2 Å². The average molecular weight is 470 g/mol. The summed E-state index contributed by atoms with van der Waals surface area (Å²) in [7, 11) is 0. The third kappa shape index (κ3) is 2.84. The van der Waals surface area contributed by atoms with E-state index in [0.29, 0.717) is 0 Å². The molecule has 2 N–H and O–H groups in total. The molecule has 9 heteroatoms. The van der Waals surface area contributed by atoms with E-state index in [9.17, 15) is 24.6 Å². The van der Waals surface area contributed by atoms with Crippen LogP contribution in [0.25, 0.3) is 0 Å². The quantitative estimate of drug-likeness (QED) is 0.616. The van der Waals surface area contributed by atoms with Crippen LogP contribution in [0, 0.1) is 28.1 Å². The van der Waals surface area contributed by atoms with Gasteiger partial charge in [-0.3, -0.25) is 14.4 Å². The third-order valence-electron chi connectivity index (χ3n) is 9.36. The van der Waals surface area contributed by atoms with Crippen molar-refractivity contribution in [3.8, 4) is 0 Å². The number of alkyl halides is 3. The van der Waals surface area contributed by atoms with Gasteiger partial charge in [-0.2, -0.15) is 0 Å². The van der Waals surface area contributed by atoms with E-state index >= 15 is 13.2 Å². The van der Waals surface area contributed by atoms with E-state index in [0.717, 1.165) is 25.2 Å². The maximum Gasteiger partial charge on any atom is 0.303 e. The largest absolute Gasteiger partial charge is 0.458 e. The number of halogens is 3. The van der Waals surface area contributed by atoms with Crippen molar-refractivity contribution in [2.75, 3.05) is 6.61 Å². The number of aliphatic hydroxyl groups excluding tert-OH is 2. The van der Waals surface area contributed by atoms with Gasteiger partial charge in [-0.1, -0.05) is 13.0 Å². The minimum atomic E-state index is -3.51. The molecule has 33 heavy (non-hydrogen) atoms. The van der Waals surface area contributed by atoms with Crippen LogP contribution in [0.5, 0.6) is 0 Å². The lowest BCUT2D eigenvalue weighted by Crippen LogP contribution is -2.70. The number of esters is 1. The lowest BCUT2D eigenvalue weighted by atomic mass is 9.43. The number of allylic oxidation sites excluding steroid dienone is 4. The van der Waals surface area contributed by atoms with Crippen molar-refractivity contribution in [1.29, 1.82) is 0 Å². The molecule has 0 saturated heterocycles. The Morgan fingerprint density at radius 3 is 2.33 bits per heavy atom. The summed E-state index contributed by atoms with van der Waals surface area (Å²) in [4.78, 5) is 36.2. The predicted octanol–water partition coefficient (Wildman–Crippen LogP) is 2.71. The van der Waals surface area contributed by atoms with Gasteiger partial charge in [0.2, 0.25) is 0 Å². The summed E-state index contributed by atoms with van der Waals surface area (Å²) in [5.41, 5.74) is -7.90. The fourth-order valence-electron chi connectivity index (χ4n) is 7.29. The average Bonchev–Trinajstić information content (AvgIpc) is 2.91. The summed E-state index contributed by atoms with van der Waals surface area (Å²) in [6.07, 6.45) is -1.45. The summed E-state index contributed by atoms with van der Waals surface area (Å²) in [5.74, 6) is -7.73. The van der Waals surface area contributed by atoms with Crippen LogP contribution in [0.2, 0.25) is 0 Å². The first-order valence-electron chi connectivity index (χ1n) is 11.1. The molecule has 6 nitrogen and oxygen atoms in total. The summed E-state index contributed by atoms with van der Waals surface area (Å²) in [6.45, 7) is 4.86. The fourth-order valence-corrected chi connectivity index (χ4v) is 7.29. The Balaban J connectivity index is 1.83. The summed E-state index contributed by atoms with van der Waals surface area (Å²) < 4.78 is 52.6. The molecule has 3 unspecified atom stereocenters. The zero-order valence-electron chi connectivity index (χ0n) is 19.0. The fraction of sp³-hybridized carbons (Fsp3) is 0.708. The van der Waals surface area contributed by atoms with E-state index in [1.807, 2.05) is 0 Å². The number of hydrogen-bond acceptors (Lipinski definition) is 6. The highest BCUT2D eigenvalue weighted by Crippen LogP contribution is 2.73. The minimum absolute atomic E-state index is 0.115. The molecule has 0 aliphatic heterocycles. The van der Waals surface area contributed by atoms with Gasteiger partial charge in [0.05, 0.1) is 23.0 Å². The highest BCUT2D eigenvalue weighted by atomic mass is 19.3. The van der Waals surface area contributed by atoms with Crippen molar-refractivity contribution < 1.29 is 42.5 Å². The molecule has 0 spiro atoms. The molecule has 3 saturated carbocycles. The molecule has 0 bridgehead atoms. The zero-order valence-corrected chi connectivity index (χ0v) is 19.0. The number of Topliss-reactive ketones (excluding diaryl/α,β-unsaturated/α-hetero) is 1. The van der Waals surface area contributed by atoms with Crippen LogP contribution in [-0.4, -0.2) is 58.2 Å². The van der Waals surface area contributed by atoms with E-state index in [-0.39, 0.29) is 12.8 Å². The molecule has 4 rings (SSSR count). The minimum Gasteiger partial charge on any atom is -0.458 e. The van der Waals surface area contributed by atoms with Gasteiger partial charge in [0.1, 0.15) is 0 Å². The molecular weight excluding hydrogens is 441 g/mol. The van der Waals surface area contributed by atoms with E-state index in [2.05, 4.69) is 0 Å². The molecule has 4 aliphatic rings. The van der Waals surface area contributed by atoms with Gasteiger partial charge < -0.3 is 14.9 Å². The zero-order chi connectivity index (χ0) is 24.8. The number of fused-ring (bicyclic) bond motifs is 5. The summed E-state index contributed by atoms with van der Waals surface area (Å²) in [6, 6.07) is 0. The number of aliphatic hydroxyl groups is 2. The van der Waals surface area contributed by atoms with Crippen LogP contribution < -0.4 is 0 Å². The van der Waals surface area contributed by atoms with E-state index in [4.69, 9.17) is 4.74 Å². The normalized spacial score (nSPS) is 47.8. The van der Waals surface area contributed by atoms with Crippen molar-refractivity contribution in [1.82, 2.24) is 0 Å². The number of rotatable bonds is 3. The number of ether oxygens (including phenoxy) is 1. The molecule has 0 aromatic carbocycles. The lowest BCUT2D eigenvalue weighted by Gasteiger charge is -2.63. The molecule has 4 aliphatic carbocycles. The topological polar surface area (TPSA) is 101 Å². The van der Waals surface area contributed by atoms with Gasteiger partial charge in [0.15, 0.2) is 23.8 Å². The van der Waals surface area contributed by atoms with E-state index in [1.165, 1.54) is 13.8 Å². The lowest BCUT2D eigenvalue weighted by molar-refractivity contribution is -0.231. The second-order valence-corrected chi connectivity index (χ2v) is 10.7. The Morgan fingerprint density at radius 1 is 1.09 bits per heavy atom. The summed E-state index contributed by atoms with van der Waals surface area (Å²) in [5, 5.41) is 22.2. The van der Waals surface area contributed by atoms with Gasteiger partial charge in [-0.25, -0.2) is 13.2 Å².